The van der Waals surface area contributed by atoms with Crippen molar-refractivity contribution in [2.75, 3.05) is 5.32 Å². The predicted octanol–water partition coefficient (Wildman–Crippen LogP) is 5.41. The smallest absolute Gasteiger partial charge is 0.269 e. The lowest BCUT2D eigenvalue weighted by Gasteiger charge is -2.04. The molecule has 0 aliphatic carbocycles. The first-order valence-corrected chi connectivity index (χ1v) is 10.3. The molecule has 0 saturated heterocycles. The van der Waals surface area contributed by atoms with Gasteiger partial charge in [-0.05, 0) is 42.1 Å². The summed E-state index contributed by atoms with van der Waals surface area (Å²) in [4.78, 5) is 27.8. The molecule has 1 amide bonds. The summed E-state index contributed by atoms with van der Waals surface area (Å²) in [5.74, 6) is 0.311. The molecule has 0 saturated carbocycles. The second kappa shape index (κ2) is 7.98. The van der Waals surface area contributed by atoms with E-state index < -0.39 is 4.92 Å². The van der Waals surface area contributed by atoms with Gasteiger partial charge < -0.3 is 4.74 Å². The highest BCUT2D eigenvalue weighted by molar-refractivity contribution is 7.22. The van der Waals surface area contributed by atoms with Crippen LogP contribution in [0.15, 0.2) is 53.9 Å². The maximum absolute atomic E-state index is 12.5. The number of aryl methyl sites for hydroxylation is 1. The number of nitrogens with zero attached hydrogens (tertiary/aromatic N) is 2. The largest absolute Gasteiger partial charge is 0.489 e. The van der Waals surface area contributed by atoms with Crippen molar-refractivity contribution in [1.29, 1.82) is 0 Å². The van der Waals surface area contributed by atoms with Crippen LogP contribution in [-0.4, -0.2) is 15.8 Å². The summed E-state index contributed by atoms with van der Waals surface area (Å²) in [5.41, 5.74) is 2.83. The van der Waals surface area contributed by atoms with Gasteiger partial charge in [0.1, 0.15) is 12.4 Å². The molecule has 29 heavy (non-hydrogen) atoms. The summed E-state index contributed by atoms with van der Waals surface area (Å²) < 4.78 is 6.66. The molecule has 2 heterocycles. The topological polar surface area (TPSA) is 94.4 Å². The fraction of sp³-hybridized carbons (Fsp3) is 0.100. The number of para-hydroxylation sites is 1. The van der Waals surface area contributed by atoms with Crippen LogP contribution in [-0.2, 0) is 6.61 Å². The van der Waals surface area contributed by atoms with Crippen LogP contribution in [0.3, 0.4) is 0 Å². The first-order valence-electron chi connectivity index (χ1n) is 8.62. The van der Waals surface area contributed by atoms with E-state index in [4.69, 9.17) is 4.74 Å². The molecule has 1 N–H and O–H groups in total. The van der Waals surface area contributed by atoms with E-state index in [1.54, 1.807) is 18.2 Å². The zero-order chi connectivity index (χ0) is 20.4. The monoisotopic (exact) mass is 425 g/mol. The van der Waals surface area contributed by atoms with Gasteiger partial charge in [-0.1, -0.05) is 23.5 Å². The van der Waals surface area contributed by atoms with Crippen molar-refractivity contribution >= 4 is 49.6 Å². The number of thiazole rings is 1. The number of benzene rings is 2. The number of aromatic nitrogens is 1. The summed E-state index contributed by atoms with van der Waals surface area (Å²) >= 11 is 2.76. The molecule has 0 atom stereocenters. The summed E-state index contributed by atoms with van der Waals surface area (Å²) in [6.45, 7) is 2.26. The molecule has 7 nitrogen and oxygen atoms in total. The first-order chi connectivity index (χ1) is 14.0. The normalized spacial score (nSPS) is 10.8. The first kappa shape index (κ1) is 19.0. The number of amides is 1. The van der Waals surface area contributed by atoms with Crippen LogP contribution in [0.4, 0.5) is 10.8 Å². The van der Waals surface area contributed by atoms with Gasteiger partial charge >= 0.3 is 0 Å². The van der Waals surface area contributed by atoms with Crippen molar-refractivity contribution in [3.05, 3.63) is 80.0 Å². The number of rotatable bonds is 6. The Balaban J connectivity index is 1.39. The minimum Gasteiger partial charge on any atom is -0.489 e. The number of nitro groups is 1. The molecular formula is C20H15N3O4S2. The average Bonchev–Trinajstić information content (AvgIpc) is 3.34. The van der Waals surface area contributed by atoms with Crippen molar-refractivity contribution in [2.24, 2.45) is 0 Å². The lowest BCUT2D eigenvalue weighted by Crippen LogP contribution is -2.09. The van der Waals surface area contributed by atoms with Crippen LogP contribution in [0.2, 0.25) is 0 Å². The number of thiophene rings is 1. The maximum Gasteiger partial charge on any atom is 0.269 e. The molecule has 146 valence electrons. The molecular weight excluding hydrogens is 410 g/mol. The molecule has 9 heteroatoms. The number of fused-ring (bicyclic) bond motifs is 1. The Kier molecular flexibility index (Phi) is 5.24. The molecule has 0 fully saturated rings. The summed E-state index contributed by atoms with van der Waals surface area (Å²) in [5, 5.41) is 16.0. The van der Waals surface area contributed by atoms with E-state index in [1.807, 2.05) is 30.5 Å². The van der Waals surface area contributed by atoms with Gasteiger partial charge in [-0.25, -0.2) is 4.98 Å². The Labute approximate surface area is 173 Å². The molecule has 0 bridgehead atoms. The number of hydrogen-bond donors (Lipinski definition) is 1. The molecule has 0 radical (unpaired) electrons. The Bertz CT molecular complexity index is 1200. The van der Waals surface area contributed by atoms with Crippen LogP contribution in [0, 0.1) is 17.0 Å². The van der Waals surface area contributed by atoms with Crippen molar-refractivity contribution in [3.63, 3.8) is 0 Å². The third kappa shape index (κ3) is 4.25. The third-order valence-electron chi connectivity index (χ3n) is 4.17. The van der Waals surface area contributed by atoms with Crippen molar-refractivity contribution in [2.45, 2.75) is 13.5 Å². The lowest BCUT2D eigenvalue weighted by atomic mass is 10.2. The minimum absolute atomic E-state index is 0.0110. The van der Waals surface area contributed by atoms with Gasteiger partial charge in [-0.3, -0.25) is 20.2 Å². The van der Waals surface area contributed by atoms with Crippen LogP contribution in [0.1, 0.15) is 20.8 Å². The van der Waals surface area contributed by atoms with Crippen molar-refractivity contribution in [1.82, 2.24) is 4.98 Å². The number of carbonyl (C=O) groups is 1. The van der Waals surface area contributed by atoms with E-state index in [9.17, 15) is 14.9 Å². The number of nitrogens with one attached hydrogen (secondary N) is 1. The zero-order valence-electron chi connectivity index (χ0n) is 15.2. The number of non-ortho nitro benzene ring substituents is 1. The highest BCUT2D eigenvalue weighted by Crippen LogP contribution is 2.29. The SMILES string of the molecule is Cc1cccc2sc(NC(=O)c3cc(COc4ccc([N+](=O)[O-])cc4)cs3)nc12. The fourth-order valence-corrected chi connectivity index (χ4v) is 4.43. The quantitative estimate of drug-likeness (QED) is 0.329. The van der Waals surface area contributed by atoms with Gasteiger partial charge in [0, 0.05) is 17.7 Å². The van der Waals surface area contributed by atoms with Gasteiger partial charge in [0.05, 0.1) is 20.0 Å². The number of carbonyl (C=O) groups excluding carboxylic acids is 1. The minimum atomic E-state index is -0.458. The van der Waals surface area contributed by atoms with E-state index in [0.717, 1.165) is 21.3 Å². The average molecular weight is 425 g/mol. The fourth-order valence-electron chi connectivity index (χ4n) is 2.70. The maximum atomic E-state index is 12.5. The molecule has 0 aliphatic heterocycles. The molecule has 0 unspecified atom stereocenters. The Hall–Kier alpha value is -3.30. The Morgan fingerprint density at radius 3 is 2.76 bits per heavy atom. The number of anilines is 1. The molecule has 4 aromatic rings. The van der Waals surface area contributed by atoms with Crippen molar-refractivity contribution < 1.29 is 14.5 Å². The van der Waals surface area contributed by atoms with Gasteiger partial charge in [0.25, 0.3) is 11.6 Å². The Morgan fingerprint density at radius 1 is 1.24 bits per heavy atom. The Morgan fingerprint density at radius 2 is 2.03 bits per heavy atom. The summed E-state index contributed by atoms with van der Waals surface area (Å²) in [6.07, 6.45) is 0. The van der Waals surface area contributed by atoms with E-state index in [-0.39, 0.29) is 18.2 Å². The predicted molar refractivity (Wildman–Crippen MR) is 114 cm³/mol. The second-order valence-corrected chi connectivity index (χ2v) is 8.20. The summed E-state index contributed by atoms with van der Waals surface area (Å²) in [7, 11) is 0. The van der Waals surface area contributed by atoms with E-state index in [0.29, 0.717) is 15.8 Å². The van der Waals surface area contributed by atoms with Gasteiger partial charge in [0.2, 0.25) is 0 Å². The van der Waals surface area contributed by atoms with E-state index >= 15 is 0 Å². The number of nitro benzene ring substituents is 1. The molecule has 2 aromatic heterocycles. The molecule has 0 spiro atoms. The highest BCUT2D eigenvalue weighted by atomic mass is 32.1. The molecule has 2 aromatic carbocycles. The van der Waals surface area contributed by atoms with Crippen LogP contribution >= 0.6 is 22.7 Å². The van der Waals surface area contributed by atoms with Gasteiger partial charge in [-0.2, -0.15) is 0 Å². The van der Waals surface area contributed by atoms with Crippen LogP contribution in [0.25, 0.3) is 10.2 Å². The van der Waals surface area contributed by atoms with Crippen LogP contribution < -0.4 is 10.1 Å². The van der Waals surface area contributed by atoms with E-state index in [1.165, 1.54) is 34.8 Å². The third-order valence-corrected chi connectivity index (χ3v) is 6.09. The number of ether oxygens (including phenoxy) is 1. The highest BCUT2D eigenvalue weighted by Gasteiger charge is 2.13. The van der Waals surface area contributed by atoms with Gasteiger partial charge in [-0.15, -0.1) is 11.3 Å². The van der Waals surface area contributed by atoms with Gasteiger partial charge in [0.15, 0.2) is 5.13 Å². The second-order valence-electron chi connectivity index (χ2n) is 6.25. The number of hydrogen-bond acceptors (Lipinski definition) is 7. The van der Waals surface area contributed by atoms with Crippen LogP contribution in [0.5, 0.6) is 5.75 Å². The van der Waals surface area contributed by atoms with E-state index in [2.05, 4.69) is 10.3 Å². The molecule has 0 aliphatic rings. The summed E-state index contributed by atoms with van der Waals surface area (Å²) in [6, 6.07) is 13.6. The lowest BCUT2D eigenvalue weighted by molar-refractivity contribution is -0.384. The standard InChI is InChI=1S/C20H15N3O4S2/c1-12-3-2-4-16-18(12)21-20(29-16)22-19(24)17-9-13(11-28-17)10-27-15-7-5-14(6-8-15)23(25)26/h2-9,11H,10H2,1H3,(H,21,22,24). The molecule has 4 rings (SSSR count). The van der Waals surface area contributed by atoms with Crippen molar-refractivity contribution in [3.8, 4) is 5.75 Å². The zero-order valence-corrected chi connectivity index (χ0v) is 16.9.